The number of nitriles is 1. The minimum absolute atomic E-state index is 0.00376. The van der Waals surface area contributed by atoms with Crippen LogP contribution in [0, 0.1) is 22.7 Å². The highest BCUT2D eigenvalue weighted by Gasteiger charge is 2.53. The average Bonchev–Trinajstić information content (AvgIpc) is 3.24. The van der Waals surface area contributed by atoms with Crippen molar-refractivity contribution in [2.24, 2.45) is 11.3 Å². The lowest BCUT2D eigenvalue weighted by molar-refractivity contribution is -0.156. The van der Waals surface area contributed by atoms with E-state index in [2.05, 4.69) is 5.32 Å². The maximum Gasteiger partial charge on any atom is 0.309 e. The van der Waals surface area contributed by atoms with Crippen LogP contribution >= 0.6 is 0 Å². The van der Waals surface area contributed by atoms with Gasteiger partial charge < -0.3 is 19.9 Å². The number of rotatable bonds is 6. The molecule has 3 aliphatic carbocycles. The van der Waals surface area contributed by atoms with Gasteiger partial charge in [-0.2, -0.15) is 5.26 Å². The summed E-state index contributed by atoms with van der Waals surface area (Å²) in [5, 5.41) is 12.6. The lowest BCUT2D eigenvalue weighted by atomic mass is 9.56. The molecule has 5 aliphatic rings. The Bertz CT molecular complexity index is 795. The molecule has 0 spiro atoms. The van der Waals surface area contributed by atoms with Crippen molar-refractivity contribution in [2.45, 2.75) is 82.5 Å². The van der Waals surface area contributed by atoms with Gasteiger partial charge in [0.1, 0.15) is 12.2 Å². The molecule has 9 heteroatoms. The molecule has 2 atom stereocenters. The van der Waals surface area contributed by atoms with Crippen LogP contribution in [0.15, 0.2) is 0 Å². The summed E-state index contributed by atoms with van der Waals surface area (Å²) < 4.78 is 18.8. The van der Waals surface area contributed by atoms with Crippen molar-refractivity contribution in [3.05, 3.63) is 0 Å². The van der Waals surface area contributed by atoms with E-state index in [-0.39, 0.29) is 54.2 Å². The highest BCUT2D eigenvalue weighted by Crippen LogP contribution is 2.53. The van der Waals surface area contributed by atoms with Gasteiger partial charge in [-0.1, -0.05) is 0 Å². The predicted molar refractivity (Wildman–Crippen MR) is 117 cm³/mol. The Labute approximate surface area is 194 Å². The van der Waals surface area contributed by atoms with E-state index in [9.17, 15) is 24.0 Å². The molecule has 2 saturated heterocycles. The maximum atomic E-state index is 13.7. The van der Waals surface area contributed by atoms with Crippen LogP contribution in [0.1, 0.15) is 64.7 Å². The van der Waals surface area contributed by atoms with E-state index in [0.29, 0.717) is 32.5 Å². The molecule has 0 unspecified atom stereocenters. The minimum atomic E-state index is -1.13. The number of fused-ring (bicyclic) bond motifs is 3. The zero-order valence-corrected chi connectivity index (χ0v) is 19.5. The van der Waals surface area contributed by atoms with Crippen molar-refractivity contribution < 1.29 is 23.5 Å². The SMILES string of the molecule is CCOC(=O)C1CCN(C(=O)C23CCC(NCC(=O)N4C[C@@H](F)C[C@H]4C#N)(CC2)CC3)CC1. The fourth-order valence-corrected chi connectivity index (χ4v) is 6.23. The van der Waals surface area contributed by atoms with Crippen molar-refractivity contribution in [3.63, 3.8) is 0 Å². The quantitative estimate of drug-likeness (QED) is 0.605. The number of halogens is 1. The number of ether oxygens (including phenoxy) is 1. The van der Waals surface area contributed by atoms with Crippen molar-refractivity contribution in [1.29, 1.82) is 5.26 Å². The van der Waals surface area contributed by atoms with Gasteiger partial charge in [0.2, 0.25) is 11.8 Å². The number of piperidine rings is 1. The van der Waals surface area contributed by atoms with Gasteiger partial charge in [-0.15, -0.1) is 0 Å². The third-order valence-corrected chi connectivity index (χ3v) is 8.44. The Hall–Kier alpha value is -2.21. The van der Waals surface area contributed by atoms with E-state index in [1.54, 1.807) is 0 Å². The van der Waals surface area contributed by atoms with Crippen molar-refractivity contribution in [2.75, 3.05) is 32.8 Å². The number of carbonyl (C=O) groups is 3. The average molecular weight is 463 g/mol. The fourth-order valence-electron chi connectivity index (χ4n) is 6.23. The third-order valence-electron chi connectivity index (χ3n) is 8.44. The van der Waals surface area contributed by atoms with Gasteiger partial charge in [0.05, 0.1) is 31.7 Å². The van der Waals surface area contributed by atoms with Crippen LogP contribution < -0.4 is 5.32 Å². The second-order valence-electron chi connectivity index (χ2n) is 10.3. The highest BCUT2D eigenvalue weighted by molar-refractivity contribution is 5.84. The summed E-state index contributed by atoms with van der Waals surface area (Å²) >= 11 is 0. The number of carbonyl (C=O) groups excluding carboxylic acids is 3. The molecule has 33 heavy (non-hydrogen) atoms. The molecule has 0 radical (unpaired) electrons. The highest BCUT2D eigenvalue weighted by atomic mass is 19.1. The van der Waals surface area contributed by atoms with Crippen molar-refractivity contribution in [1.82, 2.24) is 15.1 Å². The van der Waals surface area contributed by atoms with E-state index in [0.717, 1.165) is 38.5 Å². The van der Waals surface area contributed by atoms with Gasteiger partial charge in [-0.25, -0.2) is 4.39 Å². The second-order valence-corrected chi connectivity index (χ2v) is 10.3. The molecule has 0 aromatic carbocycles. The van der Waals surface area contributed by atoms with Gasteiger partial charge in [-0.05, 0) is 58.3 Å². The number of hydrogen-bond donors (Lipinski definition) is 1. The normalized spacial score (nSPS) is 34.2. The van der Waals surface area contributed by atoms with Gasteiger partial charge in [0, 0.05) is 30.5 Å². The van der Waals surface area contributed by atoms with Gasteiger partial charge in [-0.3, -0.25) is 14.4 Å². The van der Waals surface area contributed by atoms with E-state index in [1.807, 2.05) is 17.9 Å². The minimum Gasteiger partial charge on any atom is -0.466 e. The number of likely N-dealkylation sites (tertiary alicyclic amines) is 2. The molecular weight excluding hydrogens is 427 g/mol. The summed E-state index contributed by atoms with van der Waals surface area (Å²) in [5.41, 5.74) is -0.488. The Kier molecular flexibility index (Phi) is 6.94. The molecule has 5 rings (SSSR count). The zero-order valence-electron chi connectivity index (χ0n) is 19.5. The Morgan fingerprint density at radius 1 is 1.12 bits per heavy atom. The second kappa shape index (κ2) is 9.57. The number of nitrogens with one attached hydrogen (secondary N) is 1. The summed E-state index contributed by atoms with van der Waals surface area (Å²) in [7, 11) is 0. The zero-order chi connectivity index (χ0) is 23.6. The molecule has 2 amide bonds. The van der Waals surface area contributed by atoms with E-state index in [1.165, 1.54) is 4.90 Å². The van der Waals surface area contributed by atoms with Crippen molar-refractivity contribution >= 4 is 17.8 Å². The van der Waals surface area contributed by atoms with E-state index >= 15 is 0 Å². The maximum absolute atomic E-state index is 13.7. The summed E-state index contributed by atoms with van der Waals surface area (Å²) in [6.45, 7) is 3.50. The van der Waals surface area contributed by atoms with Crippen molar-refractivity contribution in [3.8, 4) is 6.07 Å². The van der Waals surface area contributed by atoms with E-state index < -0.39 is 12.2 Å². The molecule has 5 fully saturated rings. The first-order valence-corrected chi connectivity index (χ1v) is 12.4. The number of amides is 2. The standard InChI is InChI=1S/C24H35FN4O4/c1-2-33-21(31)17-3-11-28(12-4-17)22(32)23-5-8-24(9-6-23,10-7-23)27-15-20(30)29-16-18(25)13-19(29)14-26/h17-19,27H,2-13,15-16H2,1H3/t18-,19-,23?,24?/m0/s1. The molecule has 2 bridgehead atoms. The molecule has 0 aromatic heterocycles. The number of alkyl halides is 1. The van der Waals surface area contributed by atoms with Crippen LogP contribution in [0.3, 0.4) is 0 Å². The summed E-state index contributed by atoms with van der Waals surface area (Å²) in [6, 6.07) is 1.35. The largest absolute Gasteiger partial charge is 0.466 e. The first-order valence-electron chi connectivity index (χ1n) is 12.4. The molecule has 3 saturated carbocycles. The smallest absolute Gasteiger partial charge is 0.309 e. The lowest BCUT2D eigenvalue weighted by Gasteiger charge is -2.54. The van der Waals surface area contributed by atoms with Crippen LogP contribution in [-0.4, -0.2) is 78.1 Å². The van der Waals surface area contributed by atoms with Crippen LogP contribution in [0.5, 0.6) is 0 Å². The monoisotopic (exact) mass is 462 g/mol. The molecule has 182 valence electrons. The molecule has 0 aromatic rings. The third kappa shape index (κ3) is 4.72. The fraction of sp³-hybridized carbons (Fsp3) is 0.833. The number of esters is 1. The van der Waals surface area contributed by atoms with Crippen LogP contribution in [0.4, 0.5) is 4.39 Å². The molecular formula is C24H35FN4O4. The Morgan fingerprint density at radius 3 is 2.33 bits per heavy atom. The predicted octanol–water partition coefficient (Wildman–Crippen LogP) is 1.93. The first-order chi connectivity index (χ1) is 15.8. The number of hydrogen-bond acceptors (Lipinski definition) is 6. The summed E-state index contributed by atoms with van der Waals surface area (Å²) in [6.07, 6.45) is 5.16. The summed E-state index contributed by atoms with van der Waals surface area (Å²) in [4.78, 5) is 41.3. The molecule has 1 N–H and O–H groups in total. The van der Waals surface area contributed by atoms with E-state index in [4.69, 9.17) is 4.74 Å². The van der Waals surface area contributed by atoms with Crippen LogP contribution in [-0.2, 0) is 19.1 Å². The number of nitrogens with zero attached hydrogens (tertiary/aromatic N) is 3. The first kappa shape index (κ1) is 23.9. The lowest BCUT2D eigenvalue weighted by Crippen LogP contribution is -2.60. The topological polar surface area (TPSA) is 103 Å². The van der Waals surface area contributed by atoms with Gasteiger partial charge in [0.25, 0.3) is 0 Å². The van der Waals surface area contributed by atoms with Gasteiger partial charge in [0.15, 0.2) is 0 Å². The summed E-state index contributed by atoms with van der Waals surface area (Å²) in [5.74, 6) is -0.265. The Balaban J connectivity index is 1.27. The Morgan fingerprint density at radius 2 is 1.76 bits per heavy atom. The molecule has 2 heterocycles. The molecule has 2 aliphatic heterocycles. The van der Waals surface area contributed by atoms with Crippen LogP contribution in [0.25, 0.3) is 0 Å². The molecule has 8 nitrogen and oxygen atoms in total. The van der Waals surface area contributed by atoms with Crippen LogP contribution in [0.2, 0.25) is 0 Å². The van der Waals surface area contributed by atoms with Gasteiger partial charge >= 0.3 is 5.97 Å².